The lowest BCUT2D eigenvalue weighted by Crippen LogP contribution is -2.47. The number of piperidine rings is 1. The second-order valence-electron chi connectivity index (χ2n) is 5.29. The van der Waals surface area contributed by atoms with E-state index in [4.69, 9.17) is 5.11 Å². The number of carbonyl (C=O) groups excluding carboxylic acids is 1. The third-order valence-corrected chi connectivity index (χ3v) is 3.79. The molecule has 4 nitrogen and oxygen atoms in total. The maximum Gasteiger partial charge on any atom is 0.308 e. The van der Waals surface area contributed by atoms with Crippen LogP contribution < -0.4 is 0 Å². The molecule has 2 rings (SSSR count). The highest BCUT2D eigenvalue weighted by atomic mass is 16.4. The number of carboxylic acid groups (broad SMARTS) is 1. The molecule has 1 fully saturated rings. The molecule has 1 heterocycles. The van der Waals surface area contributed by atoms with Gasteiger partial charge in [-0.3, -0.25) is 9.59 Å². The van der Waals surface area contributed by atoms with Gasteiger partial charge in [0.05, 0.1) is 5.92 Å². The van der Waals surface area contributed by atoms with Crippen LogP contribution in [0.1, 0.15) is 35.7 Å². The van der Waals surface area contributed by atoms with Crippen LogP contribution in [0.25, 0.3) is 0 Å². The lowest BCUT2D eigenvalue weighted by atomic mass is 9.93. The number of hydrogen-bond acceptors (Lipinski definition) is 2. The molecule has 4 heteroatoms. The summed E-state index contributed by atoms with van der Waals surface area (Å²) < 4.78 is 0. The van der Waals surface area contributed by atoms with Gasteiger partial charge in [-0.05, 0) is 38.8 Å². The molecular weight excluding hydrogens is 242 g/mol. The number of carbonyl (C=O) groups is 2. The largest absolute Gasteiger partial charge is 0.481 e. The van der Waals surface area contributed by atoms with Crippen molar-refractivity contribution in [3.05, 3.63) is 35.4 Å². The van der Waals surface area contributed by atoms with Crippen LogP contribution in [-0.2, 0) is 4.79 Å². The summed E-state index contributed by atoms with van der Waals surface area (Å²) in [5.74, 6) is -1.32. The van der Waals surface area contributed by atoms with Gasteiger partial charge >= 0.3 is 5.97 Å². The van der Waals surface area contributed by atoms with Gasteiger partial charge in [-0.1, -0.05) is 17.7 Å². The first-order valence-electron chi connectivity index (χ1n) is 6.59. The highest BCUT2D eigenvalue weighted by Gasteiger charge is 2.32. The molecule has 1 aromatic carbocycles. The fraction of sp³-hybridized carbons (Fsp3) is 0.467. The van der Waals surface area contributed by atoms with E-state index in [1.807, 2.05) is 26.0 Å². The quantitative estimate of drug-likeness (QED) is 0.888. The van der Waals surface area contributed by atoms with E-state index in [0.29, 0.717) is 18.5 Å². The minimum Gasteiger partial charge on any atom is -0.481 e. The van der Waals surface area contributed by atoms with Crippen LogP contribution in [0.5, 0.6) is 0 Å². The van der Waals surface area contributed by atoms with E-state index in [-0.39, 0.29) is 11.9 Å². The van der Waals surface area contributed by atoms with Crippen molar-refractivity contribution < 1.29 is 14.7 Å². The number of carboxylic acids is 1. The number of aryl methyl sites for hydroxylation is 1. The Morgan fingerprint density at radius 1 is 1.21 bits per heavy atom. The van der Waals surface area contributed by atoms with Crippen molar-refractivity contribution in [3.8, 4) is 0 Å². The molecule has 0 bridgehead atoms. The van der Waals surface area contributed by atoms with E-state index < -0.39 is 11.9 Å². The molecule has 1 aliphatic heterocycles. The van der Waals surface area contributed by atoms with E-state index in [9.17, 15) is 9.59 Å². The normalized spacial score (nSPS) is 23.2. The molecule has 1 saturated heterocycles. The van der Waals surface area contributed by atoms with Gasteiger partial charge in [0.25, 0.3) is 5.91 Å². The SMILES string of the molecule is Cc1ccc(C(=O)N2CC(C(=O)O)CCC2C)cc1. The van der Waals surface area contributed by atoms with Crippen LogP contribution in [-0.4, -0.2) is 34.5 Å². The summed E-state index contributed by atoms with van der Waals surface area (Å²) in [5, 5.41) is 9.09. The molecule has 1 amide bonds. The van der Waals surface area contributed by atoms with Crippen LogP contribution in [0.3, 0.4) is 0 Å². The summed E-state index contributed by atoms with van der Waals surface area (Å²) in [6.07, 6.45) is 1.39. The second kappa shape index (κ2) is 5.43. The Morgan fingerprint density at radius 3 is 2.42 bits per heavy atom. The van der Waals surface area contributed by atoms with Gasteiger partial charge in [0, 0.05) is 18.2 Å². The third kappa shape index (κ3) is 2.95. The van der Waals surface area contributed by atoms with Crippen molar-refractivity contribution in [1.82, 2.24) is 4.90 Å². The number of nitrogens with zero attached hydrogens (tertiary/aromatic N) is 1. The molecule has 1 N–H and O–H groups in total. The summed E-state index contributed by atoms with van der Waals surface area (Å²) in [6.45, 7) is 4.26. The van der Waals surface area contributed by atoms with Crippen molar-refractivity contribution in [2.75, 3.05) is 6.54 Å². The maximum atomic E-state index is 12.4. The van der Waals surface area contributed by atoms with Gasteiger partial charge in [0.2, 0.25) is 0 Å². The van der Waals surface area contributed by atoms with E-state index >= 15 is 0 Å². The van der Waals surface area contributed by atoms with Gasteiger partial charge in [-0.25, -0.2) is 0 Å². The van der Waals surface area contributed by atoms with Crippen LogP contribution in [0.2, 0.25) is 0 Å². The number of hydrogen-bond donors (Lipinski definition) is 1. The average molecular weight is 261 g/mol. The average Bonchev–Trinajstić information content (AvgIpc) is 2.39. The van der Waals surface area contributed by atoms with Crippen molar-refractivity contribution in [1.29, 1.82) is 0 Å². The molecular formula is C15H19NO3. The topological polar surface area (TPSA) is 57.6 Å². The smallest absolute Gasteiger partial charge is 0.308 e. The zero-order chi connectivity index (χ0) is 14.0. The summed E-state index contributed by atoms with van der Waals surface area (Å²) in [7, 11) is 0. The molecule has 2 atom stereocenters. The Morgan fingerprint density at radius 2 is 1.84 bits per heavy atom. The molecule has 1 aromatic rings. The van der Waals surface area contributed by atoms with Gasteiger partial charge in [0.15, 0.2) is 0 Å². The second-order valence-corrected chi connectivity index (χ2v) is 5.29. The highest BCUT2D eigenvalue weighted by molar-refractivity contribution is 5.94. The number of aliphatic carboxylic acids is 1. The predicted molar refractivity (Wildman–Crippen MR) is 72.0 cm³/mol. The lowest BCUT2D eigenvalue weighted by Gasteiger charge is -2.36. The highest BCUT2D eigenvalue weighted by Crippen LogP contribution is 2.24. The minimum atomic E-state index is -0.811. The predicted octanol–water partition coefficient (Wildman–Crippen LogP) is 2.32. The van der Waals surface area contributed by atoms with Crippen molar-refractivity contribution >= 4 is 11.9 Å². The Hall–Kier alpha value is -1.84. The third-order valence-electron chi connectivity index (χ3n) is 3.79. The molecule has 0 saturated carbocycles. The standard InChI is InChI=1S/C15H19NO3/c1-10-3-6-12(7-4-10)14(17)16-9-13(15(18)19)8-5-11(16)2/h3-4,6-7,11,13H,5,8-9H2,1-2H3,(H,18,19). The van der Waals surface area contributed by atoms with E-state index in [1.165, 1.54) is 0 Å². The van der Waals surface area contributed by atoms with Crippen LogP contribution >= 0.6 is 0 Å². The Labute approximate surface area is 113 Å². The van der Waals surface area contributed by atoms with E-state index in [0.717, 1.165) is 12.0 Å². The number of likely N-dealkylation sites (tertiary alicyclic amines) is 1. The molecule has 0 spiro atoms. The first-order chi connectivity index (χ1) is 8.99. The number of amides is 1. The van der Waals surface area contributed by atoms with Gasteiger partial charge in [0.1, 0.15) is 0 Å². The van der Waals surface area contributed by atoms with Crippen LogP contribution in [0.4, 0.5) is 0 Å². The Kier molecular flexibility index (Phi) is 3.88. The van der Waals surface area contributed by atoms with Gasteiger partial charge < -0.3 is 10.0 Å². The molecule has 2 unspecified atom stereocenters. The summed E-state index contributed by atoms with van der Waals surface area (Å²) in [6, 6.07) is 7.50. The molecule has 19 heavy (non-hydrogen) atoms. The van der Waals surface area contributed by atoms with Crippen molar-refractivity contribution in [2.45, 2.75) is 32.7 Å². The fourth-order valence-electron chi connectivity index (χ4n) is 2.45. The zero-order valence-electron chi connectivity index (χ0n) is 11.3. The molecule has 0 aromatic heterocycles. The summed E-state index contributed by atoms with van der Waals surface area (Å²) in [4.78, 5) is 25.2. The zero-order valence-corrected chi connectivity index (χ0v) is 11.3. The molecule has 1 aliphatic rings. The molecule has 0 radical (unpaired) electrons. The molecule has 0 aliphatic carbocycles. The fourth-order valence-corrected chi connectivity index (χ4v) is 2.45. The Bertz CT molecular complexity index is 481. The van der Waals surface area contributed by atoms with Crippen LogP contribution in [0, 0.1) is 12.8 Å². The maximum absolute atomic E-state index is 12.4. The first kappa shape index (κ1) is 13.6. The summed E-state index contributed by atoms with van der Waals surface area (Å²) >= 11 is 0. The monoisotopic (exact) mass is 261 g/mol. The van der Waals surface area contributed by atoms with Gasteiger partial charge in [-0.15, -0.1) is 0 Å². The van der Waals surface area contributed by atoms with E-state index in [1.54, 1.807) is 17.0 Å². The first-order valence-corrected chi connectivity index (χ1v) is 6.59. The van der Waals surface area contributed by atoms with Crippen molar-refractivity contribution in [2.24, 2.45) is 5.92 Å². The summed E-state index contributed by atoms with van der Waals surface area (Å²) in [5.41, 5.74) is 1.73. The lowest BCUT2D eigenvalue weighted by molar-refractivity contribution is -0.143. The van der Waals surface area contributed by atoms with Gasteiger partial charge in [-0.2, -0.15) is 0 Å². The van der Waals surface area contributed by atoms with Crippen molar-refractivity contribution in [3.63, 3.8) is 0 Å². The minimum absolute atomic E-state index is 0.0709. The molecule has 102 valence electrons. The Balaban J connectivity index is 2.16. The number of benzene rings is 1. The van der Waals surface area contributed by atoms with Crippen LogP contribution in [0.15, 0.2) is 24.3 Å². The number of rotatable bonds is 2. The van der Waals surface area contributed by atoms with E-state index in [2.05, 4.69) is 0 Å².